The van der Waals surface area contributed by atoms with Crippen LogP contribution >= 0.6 is 0 Å². The Hall–Kier alpha value is -4.00. The highest BCUT2D eigenvalue weighted by atomic mass is 16.5. The number of aryl methyl sites for hydroxylation is 1. The van der Waals surface area contributed by atoms with Crippen LogP contribution in [0, 0.1) is 18.3 Å². The molecule has 9 heteroatoms. The lowest BCUT2D eigenvalue weighted by molar-refractivity contribution is -0.117. The van der Waals surface area contributed by atoms with Crippen LogP contribution in [-0.4, -0.2) is 57.9 Å². The summed E-state index contributed by atoms with van der Waals surface area (Å²) in [5.41, 5.74) is 4.79. The number of nitriles is 1. The number of rotatable bonds is 6. The number of hydrogen-bond donors (Lipinski definition) is 0. The van der Waals surface area contributed by atoms with E-state index in [-0.39, 0.29) is 18.0 Å². The van der Waals surface area contributed by atoms with Gasteiger partial charge >= 0.3 is 0 Å². The van der Waals surface area contributed by atoms with E-state index in [0.29, 0.717) is 18.4 Å². The Kier molecular flexibility index (Phi) is 6.44. The van der Waals surface area contributed by atoms with Crippen LogP contribution in [0.1, 0.15) is 42.9 Å². The van der Waals surface area contributed by atoms with Crippen molar-refractivity contribution in [3.8, 4) is 17.3 Å². The molecule has 0 bridgehead atoms. The summed E-state index contributed by atoms with van der Waals surface area (Å²) in [6, 6.07) is 15.5. The fraction of sp³-hybridized carbons (Fsp3) is 0.379. The van der Waals surface area contributed by atoms with E-state index in [2.05, 4.69) is 39.9 Å². The summed E-state index contributed by atoms with van der Waals surface area (Å²) in [6.07, 6.45) is 3.25. The van der Waals surface area contributed by atoms with Gasteiger partial charge in [-0.3, -0.25) is 9.69 Å². The Morgan fingerprint density at radius 3 is 2.71 bits per heavy atom. The van der Waals surface area contributed by atoms with Crippen molar-refractivity contribution in [2.75, 3.05) is 31.2 Å². The van der Waals surface area contributed by atoms with E-state index >= 15 is 0 Å². The number of carbonyl (C=O) groups is 1. The van der Waals surface area contributed by atoms with E-state index in [4.69, 9.17) is 14.2 Å². The minimum absolute atomic E-state index is 0.0681. The molecular weight excluding hydrogens is 480 g/mol. The Morgan fingerprint density at radius 2 is 1.95 bits per heavy atom. The highest BCUT2D eigenvalue weighted by molar-refractivity contribution is 5.96. The van der Waals surface area contributed by atoms with Crippen molar-refractivity contribution in [3.05, 3.63) is 65.7 Å². The molecule has 0 radical (unpaired) electrons. The van der Waals surface area contributed by atoms with Crippen LogP contribution in [0.3, 0.4) is 0 Å². The molecule has 0 aliphatic carbocycles. The number of carbonyl (C=O) groups excluding carboxylic acids is 1. The summed E-state index contributed by atoms with van der Waals surface area (Å²) >= 11 is 0. The van der Waals surface area contributed by atoms with Crippen LogP contribution in [0.5, 0.6) is 0 Å². The van der Waals surface area contributed by atoms with Gasteiger partial charge in [-0.05, 0) is 62.7 Å². The van der Waals surface area contributed by atoms with Gasteiger partial charge in [-0.15, -0.1) is 0 Å². The topological polar surface area (TPSA) is 100 Å². The Balaban J connectivity index is 1.40. The molecule has 194 valence electrons. The number of nitrogens with zero attached hydrogens (tertiary/aromatic N) is 6. The van der Waals surface area contributed by atoms with Gasteiger partial charge < -0.3 is 18.7 Å². The molecule has 0 N–H and O–H groups in total. The molecular formula is C29H30N6O3. The summed E-state index contributed by atoms with van der Waals surface area (Å²) < 4.78 is 13.2. The van der Waals surface area contributed by atoms with Crippen molar-refractivity contribution in [2.24, 2.45) is 0 Å². The summed E-state index contributed by atoms with van der Waals surface area (Å²) in [5, 5.41) is 14.3. The first-order chi connectivity index (χ1) is 18.5. The molecule has 1 amide bonds. The van der Waals surface area contributed by atoms with Crippen molar-refractivity contribution in [3.63, 3.8) is 0 Å². The zero-order chi connectivity index (χ0) is 26.2. The number of fused-ring (bicyclic) bond motifs is 1. The van der Waals surface area contributed by atoms with Crippen molar-refractivity contribution in [1.29, 1.82) is 5.26 Å². The Labute approximate surface area is 221 Å². The fourth-order valence-corrected chi connectivity index (χ4v) is 5.57. The smallest absolute Gasteiger partial charge is 0.227 e. The van der Waals surface area contributed by atoms with E-state index in [1.807, 2.05) is 36.1 Å². The first kappa shape index (κ1) is 24.3. The van der Waals surface area contributed by atoms with Crippen LogP contribution in [-0.2, 0) is 16.1 Å². The molecule has 4 heterocycles. The zero-order valence-electron chi connectivity index (χ0n) is 21.6. The molecule has 0 spiro atoms. The molecule has 2 saturated heterocycles. The van der Waals surface area contributed by atoms with Crippen molar-refractivity contribution in [2.45, 2.75) is 45.3 Å². The number of ether oxygens (including phenoxy) is 1. The standard InChI is InChI=1S/C29H30N6O3/c1-19(33-11-13-37-14-12-33)17-34-18-25(22-5-9-27-24(15-22)20(2)32-38-27)31-29(34)26-8-10-28(36)35(26)23-6-3-21(16-30)4-7-23/h3-7,9,15,18-19,26H,8,10-14,17H2,1-2H3/t19-,26-/m0/s1. The van der Waals surface area contributed by atoms with Crippen molar-refractivity contribution in [1.82, 2.24) is 19.6 Å². The van der Waals surface area contributed by atoms with Crippen molar-refractivity contribution < 1.29 is 14.1 Å². The lowest BCUT2D eigenvalue weighted by atomic mass is 10.1. The van der Waals surface area contributed by atoms with E-state index < -0.39 is 0 Å². The highest BCUT2D eigenvalue weighted by Gasteiger charge is 2.37. The van der Waals surface area contributed by atoms with Crippen LogP contribution in [0.15, 0.2) is 53.2 Å². The van der Waals surface area contributed by atoms with Gasteiger partial charge in [0, 0.05) is 54.9 Å². The van der Waals surface area contributed by atoms with Crippen LogP contribution in [0.25, 0.3) is 22.2 Å². The molecule has 4 aromatic rings. The molecule has 9 nitrogen and oxygen atoms in total. The predicted octanol–water partition coefficient (Wildman–Crippen LogP) is 4.46. The van der Waals surface area contributed by atoms with Crippen LogP contribution in [0.2, 0.25) is 0 Å². The molecule has 6 rings (SSSR count). The number of benzene rings is 2. The average molecular weight is 511 g/mol. The van der Waals surface area contributed by atoms with E-state index in [0.717, 1.165) is 72.3 Å². The van der Waals surface area contributed by atoms with Gasteiger partial charge in [0.05, 0.1) is 42.3 Å². The number of morpholine rings is 1. The molecule has 0 saturated carbocycles. The minimum Gasteiger partial charge on any atom is -0.379 e. The van der Waals surface area contributed by atoms with E-state index in [1.165, 1.54) is 0 Å². The number of hydrogen-bond acceptors (Lipinski definition) is 7. The second kappa shape index (κ2) is 10.0. The molecule has 2 fully saturated rings. The summed E-state index contributed by atoms with van der Waals surface area (Å²) in [6.45, 7) is 8.22. The molecule has 0 unspecified atom stereocenters. The maximum absolute atomic E-state index is 13.1. The lowest BCUT2D eigenvalue weighted by Crippen LogP contribution is -2.44. The van der Waals surface area contributed by atoms with Gasteiger partial charge in [-0.2, -0.15) is 5.26 Å². The van der Waals surface area contributed by atoms with Gasteiger partial charge in [0.25, 0.3) is 0 Å². The number of anilines is 1. The maximum Gasteiger partial charge on any atom is 0.227 e. The zero-order valence-corrected chi connectivity index (χ0v) is 21.6. The minimum atomic E-state index is -0.192. The Morgan fingerprint density at radius 1 is 1.16 bits per heavy atom. The fourth-order valence-electron chi connectivity index (χ4n) is 5.57. The summed E-state index contributed by atoms with van der Waals surface area (Å²) in [4.78, 5) is 22.5. The quantitative estimate of drug-likeness (QED) is 0.377. The lowest BCUT2D eigenvalue weighted by Gasteiger charge is -2.33. The van der Waals surface area contributed by atoms with Gasteiger partial charge in [-0.1, -0.05) is 5.16 Å². The molecule has 2 aliphatic heterocycles. The van der Waals surface area contributed by atoms with Gasteiger partial charge in [0.2, 0.25) is 5.91 Å². The first-order valence-corrected chi connectivity index (χ1v) is 13.1. The van der Waals surface area contributed by atoms with Gasteiger partial charge in [0.1, 0.15) is 5.82 Å². The predicted molar refractivity (Wildman–Crippen MR) is 142 cm³/mol. The summed E-state index contributed by atoms with van der Waals surface area (Å²) in [7, 11) is 0. The van der Waals surface area contributed by atoms with Crippen LogP contribution < -0.4 is 4.90 Å². The normalized spacial score (nSPS) is 19.2. The molecule has 2 aromatic heterocycles. The molecule has 2 atom stereocenters. The first-order valence-electron chi connectivity index (χ1n) is 13.1. The summed E-state index contributed by atoms with van der Waals surface area (Å²) in [5.74, 6) is 0.941. The number of amides is 1. The molecule has 2 aliphatic rings. The largest absolute Gasteiger partial charge is 0.379 e. The van der Waals surface area contributed by atoms with Gasteiger partial charge in [-0.25, -0.2) is 4.98 Å². The van der Waals surface area contributed by atoms with Gasteiger partial charge in [0.15, 0.2) is 5.58 Å². The monoisotopic (exact) mass is 510 g/mol. The third-order valence-electron chi connectivity index (χ3n) is 7.67. The Bertz CT molecular complexity index is 1510. The van der Waals surface area contributed by atoms with E-state index in [9.17, 15) is 10.1 Å². The van der Waals surface area contributed by atoms with Crippen LogP contribution in [0.4, 0.5) is 5.69 Å². The molecule has 2 aromatic carbocycles. The third kappa shape index (κ3) is 4.46. The number of imidazole rings is 1. The maximum atomic E-state index is 13.1. The second-order valence-corrected chi connectivity index (χ2v) is 10.1. The molecule has 38 heavy (non-hydrogen) atoms. The van der Waals surface area contributed by atoms with Crippen molar-refractivity contribution >= 4 is 22.6 Å². The number of aromatic nitrogens is 3. The average Bonchev–Trinajstić information content (AvgIpc) is 3.65. The highest BCUT2D eigenvalue weighted by Crippen LogP contribution is 2.38. The SMILES string of the molecule is Cc1noc2ccc(-c3cn(C[C@H](C)N4CCOCC4)c([C@@H]4CCC(=O)N4c4ccc(C#N)cc4)n3)cc12. The second-order valence-electron chi connectivity index (χ2n) is 10.1. The van der Waals surface area contributed by atoms with E-state index in [1.54, 1.807) is 12.1 Å². The third-order valence-corrected chi connectivity index (χ3v) is 7.67.